The van der Waals surface area contributed by atoms with Crippen LogP contribution in [0, 0.1) is 6.92 Å². The lowest BCUT2D eigenvalue weighted by atomic mass is 9.82. The van der Waals surface area contributed by atoms with Crippen molar-refractivity contribution in [1.82, 2.24) is 0 Å². The summed E-state index contributed by atoms with van der Waals surface area (Å²) in [5.41, 5.74) is 18.6. The Bertz CT molecular complexity index is 2850. The summed E-state index contributed by atoms with van der Waals surface area (Å²) in [6.07, 6.45) is 0. The van der Waals surface area contributed by atoms with Gasteiger partial charge in [0.15, 0.2) is 0 Å². The van der Waals surface area contributed by atoms with Gasteiger partial charge in [-0.05, 0) is 105 Å². The molecule has 0 N–H and O–H groups in total. The van der Waals surface area contributed by atoms with Gasteiger partial charge in [-0.1, -0.05) is 147 Å². The highest BCUT2D eigenvalue weighted by atomic mass is 16.3. The minimum absolute atomic E-state index is 0.136. The van der Waals surface area contributed by atoms with E-state index in [1.54, 1.807) is 0 Å². The number of benzene rings is 8. The average Bonchev–Trinajstić information content (AvgIpc) is 3.70. The quantitative estimate of drug-likeness (QED) is 0.172. The largest absolute Gasteiger partial charge is 0.456 e. The molecule has 0 saturated heterocycles. The Morgan fingerprint density at radius 3 is 1.76 bits per heavy atom. The number of furan rings is 1. The maximum Gasteiger partial charge on any atom is 0.137 e. The molecule has 0 spiro atoms. The average molecular weight is 694 g/mol. The van der Waals surface area contributed by atoms with Crippen LogP contribution in [0.5, 0.6) is 0 Å². The molecular weight excluding hydrogens is 655 g/mol. The summed E-state index contributed by atoms with van der Waals surface area (Å²) < 4.78 is 6.50. The minimum atomic E-state index is -0.136. The maximum absolute atomic E-state index is 6.50. The van der Waals surface area contributed by atoms with Crippen LogP contribution in [0.25, 0.3) is 66.4 Å². The van der Waals surface area contributed by atoms with Gasteiger partial charge in [-0.3, -0.25) is 0 Å². The second-order valence-corrected chi connectivity index (χ2v) is 15.0. The monoisotopic (exact) mass is 693 g/mol. The fraction of sp³-hybridized carbons (Fsp3) is 0.0769. The summed E-state index contributed by atoms with van der Waals surface area (Å²) >= 11 is 0. The molecule has 0 radical (unpaired) electrons. The summed E-state index contributed by atoms with van der Waals surface area (Å²) in [6.45, 7) is 6.96. The molecule has 10 rings (SSSR count). The lowest BCUT2D eigenvalue weighted by molar-refractivity contribution is 0.660. The van der Waals surface area contributed by atoms with E-state index in [4.69, 9.17) is 4.42 Å². The lowest BCUT2D eigenvalue weighted by Gasteiger charge is -2.31. The third-order valence-corrected chi connectivity index (χ3v) is 11.4. The van der Waals surface area contributed by atoms with Crippen molar-refractivity contribution in [2.24, 2.45) is 0 Å². The van der Waals surface area contributed by atoms with E-state index in [9.17, 15) is 0 Å². The van der Waals surface area contributed by atoms with Crippen LogP contribution in [-0.4, -0.2) is 0 Å². The Morgan fingerprint density at radius 1 is 0.407 bits per heavy atom. The molecule has 0 atom stereocenters. The van der Waals surface area contributed by atoms with Crippen LogP contribution < -0.4 is 4.90 Å². The molecule has 8 aromatic carbocycles. The molecule has 0 fully saturated rings. The van der Waals surface area contributed by atoms with Crippen LogP contribution in [0.2, 0.25) is 0 Å². The molecule has 1 heterocycles. The number of fused-ring (bicyclic) bond motifs is 6. The van der Waals surface area contributed by atoms with Crippen LogP contribution in [0.15, 0.2) is 186 Å². The van der Waals surface area contributed by atoms with Crippen LogP contribution in [0.3, 0.4) is 0 Å². The van der Waals surface area contributed by atoms with Crippen molar-refractivity contribution < 1.29 is 4.42 Å². The molecule has 0 bridgehead atoms. The van der Waals surface area contributed by atoms with E-state index in [0.717, 1.165) is 39.0 Å². The van der Waals surface area contributed by atoms with Gasteiger partial charge in [0.25, 0.3) is 0 Å². The Hall–Kier alpha value is -6.64. The highest BCUT2D eigenvalue weighted by Crippen LogP contribution is 2.52. The van der Waals surface area contributed by atoms with Gasteiger partial charge in [0.1, 0.15) is 11.2 Å². The van der Waals surface area contributed by atoms with Crippen LogP contribution in [0.1, 0.15) is 30.5 Å². The van der Waals surface area contributed by atoms with Crippen molar-refractivity contribution in [3.63, 3.8) is 0 Å². The highest BCUT2D eigenvalue weighted by Gasteiger charge is 2.36. The van der Waals surface area contributed by atoms with Gasteiger partial charge in [-0.25, -0.2) is 0 Å². The van der Waals surface area contributed by atoms with Crippen LogP contribution in [-0.2, 0) is 5.41 Å². The molecule has 1 aromatic heterocycles. The highest BCUT2D eigenvalue weighted by molar-refractivity contribution is 6.06. The number of para-hydroxylation sites is 1. The topological polar surface area (TPSA) is 16.4 Å². The number of hydrogen-bond donors (Lipinski definition) is 0. The summed E-state index contributed by atoms with van der Waals surface area (Å²) in [6, 6.07) is 66.0. The van der Waals surface area contributed by atoms with E-state index in [-0.39, 0.29) is 5.41 Å². The van der Waals surface area contributed by atoms with Gasteiger partial charge < -0.3 is 9.32 Å². The first-order chi connectivity index (χ1) is 26.4. The fourth-order valence-corrected chi connectivity index (χ4v) is 8.66. The summed E-state index contributed by atoms with van der Waals surface area (Å²) in [5.74, 6) is 0. The summed E-state index contributed by atoms with van der Waals surface area (Å²) in [4.78, 5) is 2.45. The smallest absolute Gasteiger partial charge is 0.137 e. The second kappa shape index (κ2) is 12.5. The van der Waals surface area contributed by atoms with Crippen molar-refractivity contribution >= 4 is 39.0 Å². The Balaban J connectivity index is 1.20. The number of anilines is 3. The first kappa shape index (κ1) is 32.0. The molecule has 258 valence electrons. The first-order valence-electron chi connectivity index (χ1n) is 18.8. The summed E-state index contributed by atoms with van der Waals surface area (Å²) in [5, 5.41) is 2.25. The minimum Gasteiger partial charge on any atom is -0.456 e. The van der Waals surface area contributed by atoms with Crippen molar-refractivity contribution in [1.29, 1.82) is 0 Å². The standard InChI is InChI=1S/C52H39NO/c1-34-30-39(37-24-22-36(23-25-37)35-14-6-4-7-15-35)31-46(38-16-8-5-9-17-38)51(34)53(41-27-29-45-44-19-11-13-21-49(44)54-50(45)33-41)40-26-28-43-42-18-10-12-20-47(42)52(2,3)48(43)32-40/h4-33H,1-3H3. The van der Waals surface area contributed by atoms with Crippen LogP contribution in [0.4, 0.5) is 17.1 Å². The fourth-order valence-electron chi connectivity index (χ4n) is 8.66. The third kappa shape index (κ3) is 5.17. The number of nitrogens with zero attached hydrogens (tertiary/aromatic N) is 1. The Labute approximate surface area is 316 Å². The Kier molecular flexibility index (Phi) is 7.42. The van der Waals surface area contributed by atoms with Gasteiger partial charge in [-0.15, -0.1) is 0 Å². The summed E-state index contributed by atoms with van der Waals surface area (Å²) in [7, 11) is 0. The number of hydrogen-bond acceptors (Lipinski definition) is 2. The molecule has 0 saturated carbocycles. The van der Waals surface area contributed by atoms with Gasteiger partial charge in [0.05, 0.1) is 5.69 Å². The molecule has 1 aliphatic carbocycles. The van der Waals surface area contributed by atoms with E-state index < -0.39 is 0 Å². The normalized spacial score (nSPS) is 12.9. The Morgan fingerprint density at radius 2 is 0.981 bits per heavy atom. The van der Waals surface area contributed by atoms with Crippen molar-refractivity contribution in [2.75, 3.05) is 4.90 Å². The van der Waals surface area contributed by atoms with Gasteiger partial charge in [0.2, 0.25) is 0 Å². The SMILES string of the molecule is Cc1cc(-c2ccc(-c3ccccc3)cc2)cc(-c2ccccc2)c1N(c1ccc2c(c1)C(C)(C)c1ccccc1-2)c1ccc2c(c1)oc1ccccc12. The zero-order chi connectivity index (χ0) is 36.4. The van der Waals surface area contributed by atoms with Gasteiger partial charge >= 0.3 is 0 Å². The lowest BCUT2D eigenvalue weighted by Crippen LogP contribution is -2.17. The molecular formula is C52H39NO. The molecule has 2 heteroatoms. The molecule has 0 amide bonds. The van der Waals surface area contributed by atoms with E-state index >= 15 is 0 Å². The number of rotatable bonds is 6. The third-order valence-electron chi connectivity index (χ3n) is 11.4. The zero-order valence-electron chi connectivity index (χ0n) is 30.7. The van der Waals surface area contributed by atoms with E-state index in [2.05, 4.69) is 202 Å². The molecule has 2 nitrogen and oxygen atoms in total. The van der Waals surface area contributed by atoms with Crippen molar-refractivity contribution in [3.05, 3.63) is 199 Å². The second-order valence-electron chi connectivity index (χ2n) is 15.0. The molecule has 54 heavy (non-hydrogen) atoms. The maximum atomic E-state index is 6.50. The van der Waals surface area contributed by atoms with Gasteiger partial charge in [-0.2, -0.15) is 0 Å². The molecule has 0 aliphatic heterocycles. The predicted octanol–water partition coefficient (Wildman–Crippen LogP) is 14.7. The van der Waals surface area contributed by atoms with Crippen LogP contribution >= 0.6 is 0 Å². The first-order valence-corrected chi connectivity index (χ1v) is 18.8. The molecule has 1 aliphatic rings. The van der Waals surface area contributed by atoms with Crippen molar-refractivity contribution in [2.45, 2.75) is 26.2 Å². The van der Waals surface area contributed by atoms with E-state index in [1.807, 2.05) is 6.07 Å². The van der Waals surface area contributed by atoms with E-state index in [0.29, 0.717) is 0 Å². The molecule has 9 aromatic rings. The predicted molar refractivity (Wildman–Crippen MR) is 227 cm³/mol. The van der Waals surface area contributed by atoms with Crippen molar-refractivity contribution in [3.8, 4) is 44.5 Å². The zero-order valence-corrected chi connectivity index (χ0v) is 30.7. The number of aryl methyl sites for hydroxylation is 1. The van der Waals surface area contributed by atoms with Gasteiger partial charge in [0, 0.05) is 39.2 Å². The molecule has 0 unspecified atom stereocenters. The van der Waals surface area contributed by atoms with E-state index in [1.165, 1.54) is 61.2 Å².